The van der Waals surface area contributed by atoms with Gasteiger partial charge in [0.15, 0.2) is 0 Å². The summed E-state index contributed by atoms with van der Waals surface area (Å²) >= 11 is 1.71. The first-order chi connectivity index (χ1) is 16.7. The number of anilines is 2. The molecular formula is C27H25N3O3S. The smallest absolute Gasteiger partial charge is 0.250 e. The monoisotopic (exact) mass is 471 g/mol. The first kappa shape index (κ1) is 21.0. The van der Waals surface area contributed by atoms with E-state index in [0.717, 1.165) is 71.3 Å². The lowest BCUT2D eigenvalue weighted by Gasteiger charge is -2.29. The number of hydrogen-bond donors (Lipinski definition) is 2. The van der Waals surface area contributed by atoms with Crippen molar-refractivity contribution in [3.63, 3.8) is 0 Å². The Hall–Kier alpha value is -3.55. The maximum atomic E-state index is 12.5. The number of hydrogen-bond acceptors (Lipinski definition) is 6. The van der Waals surface area contributed by atoms with Gasteiger partial charge in [-0.3, -0.25) is 4.79 Å². The number of benzene rings is 2. The molecule has 6 rings (SSSR count). The van der Waals surface area contributed by atoms with Gasteiger partial charge >= 0.3 is 0 Å². The molecule has 2 N–H and O–H groups in total. The molecule has 6 nitrogen and oxygen atoms in total. The molecule has 0 saturated carbocycles. The van der Waals surface area contributed by atoms with Crippen molar-refractivity contribution >= 4 is 22.7 Å². The van der Waals surface area contributed by atoms with E-state index < -0.39 is 0 Å². The van der Waals surface area contributed by atoms with Crippen LogP contribution in [0.15, 0.2) is 70.2 Å². The van der Waals surface area contributed by atoms with Gasteiger partial charge in [0.2, 0.25) is 5.56 Å². The van der Waals surface area contributed by atoms with Crippen molar-refractivity contribution in [1.82, 2.24) is 4.98 Å². The molecule has 1 fully saturated rings. The van der Waals surface area contributed by atoms with E-state index in [4.69, 9.17) is 9.47 Å². The van der Waals surface area contributed by atoms with Gasteiger partial charge in [0.1, 0.15) is 11.5 Å². The standard InChI is InChI=1S/C27H25N3O3S/c31-26-15-22(30-7-9-32-10-8-30)14-24(29-26)23-3-1-2-19-12-20-13-21(4-5-25(20)33-27(19)23)28-16-18-6-11-34-17-18/h1-6,11,13-15,17,28H,7-10,12,16H2,(H,29,31). The Morgan fingerprint density at radius 3 is 2.79 bits per heavy atom. The number of aromatic nitrogens is 1. The Labute approximate surface area is 201 Å². The number of ether oxygens (including phenoxy) is 2. The first-order valence-electron chi connectivity index (χ1n) is 11.5. The van der Waals surface area contributed by atoms with Gasteiger partial charge < -0.3 is 24.7 Å². The molecule has 1 saturated heterocycles. The zero-order valence-corrected chi connectivity index (χ0v) is 19.5. The molecule has 172 valence electrons. The summed E-state index contributed by atoms with van der Waals surface area (Å²) < 4.78 is 11.9. The molecule has 4 aromatic rings. The number of nitrogens with one attached hydrogen (secondary N) is 2. The van der Waals surface area contributed by atoms with Crippen molar-refractivity contribution in [1.29, 1.82) is 0 Å². The Kier molecular flexibility index (Phi) is 5.57. The number of fused-ring (bicyclic) bond motifs is 2. The minimum Gasteiger partial charge on any atom is -0.456 e. The van der Waals surface area contributed by atoms with Crippen LogP contribution in [0.5, 0.6) is 11.5 Å². The highest BCUT2D eigenvalue weighted by atomic mass is 32.1. The molecule has 0 unspecified atom stereocenters. The van der Waals surface area contributed by atoms with Crippen molar-refractivity contribution in [2.45, 2.75) is 13.0 Å². The second kappa shape index (κ2) is 9.00. The lowest BCUT2D eigenvalue weighted by atomic mass is 9.96. The summed E-state index contributed by atoms with van der Waals surface area (Å²) in [6.07, 6.45) is 0.778. The van der Waals surface area contributed by atoms with Gasteiger partial charge in [0.05, 0.1) is 18.9 Å². The van der Waals surface area contributed by atoms with Crippen LogP contribution in [0.25, 0.3) is 11.3 Å². The van der Waals surface area contributed by atoms with E-state index in [9.17, 15) is 4.79 Å². The molecule has 2 aliphatic rings. The Bertz CT molecular complexity index is 1370. The largest absolute Gasteiger partial charge is 0.456 e. The Balaban J connectivity index is 1.29. The maximum absolute atomic E-state index is 12.5. The van der Waals surface area contributed by atoms with E-state index in [2.05, 4.69) is 50.2 Å². The van der Waals surface area contributed by atoms with Crippen LogP contribution >= 0.6 is 11.3 Å². The predicted octanol–water partition coefficient (Wildman–Crippen LogP) is 5.25. The van der Waals surface area contributed by atoms with Gasteiger partial charge in [-0.2, -0.15) is 11.3 Å². The number of morpholine rings is 1. The van der Waals surface area contributed by atoms with E-state index in [1.165, 1.54) is 5.56 Å². The minimum absolute atomic E-state index is 0.117. The highest BCUT2D eigenvalue weighted by Crippen LogP contribution is 2.43. The van der Waals surface area contributed by atoms with Crippen molar-refractivity contribution in [2.75, 3.05) is 36.5 Å². The molecule has 2 aromatic carbocycles. The van der Waals surface area contributed by atoms with Crippen molar-refractivity contribution in [3.8, 4) is 22.8 Å². The van der Waals surface area contributed by atoms with Gasteiger partial charge in [0, 0.05) is 54.6 Å². The lowest BCUT2D eigenvalue weighted by molar-refractivity contribution is 0.122. The topological polar surface area (TPSA) is 66.6 Å². The van der Waals surface area contributed by atoms with Crippen LogP contribution in [0.3, 0.4) is 0 Å². The summed E-state index contributed by atoms with van der Waals surface area (Å²) in [6, 6.07) is 18.2. The van der Waals surface area contributed by atoms with Gasteiger partial charge in [-0.25, -0.2) is 0 Å². The average molecular weight is 472 g/mol. The van der Waals surface area contributed by atoms with E-state index in [0.29, 0.717) is 13.2 Å². The summed E-state index contributed by atoms with van der Waals surface area (Å²) in [5.74, 6) is 1.66. The van der Waals surface area contributed by atoms with Crippen LogP contribution in [-0.2, 0) is 17.7 Å². The van der Waals surface area contributed by atoms with Crippen LogP contribution in [0.1, 0.15) is 16.7 Å². The molecule has 0 spiro atoms. The van der Waals surface area contributed by atoms with Gasteiger partial charge in [-0.15, -0.1) is 0 Å². The van der Waals surface area contributed by atoms with Gasteiger partial charge in [-0.1, -0.05) is 12.1 Å². The quantitative estimate of drug-likeness (QED) is 0.367. The highest BCUT2D eigenvalue weighted by Gasteiger charge is 2.22. The van der Waals surface area contributed by atoms with E-state index in [-0.39, 0.29) is 5.56 Å². The summed E-state index contributed by atoms with van der Waals surface area (Å²) in [6.45, 7) is 3.71. The molecule has 34 heavy (non-hydrogen) atoms. The first-order valence-corrected chi connectivity index (χ1v) is 12.4. The number of para-hydroxylation sites is 1. The van der Waals surface area contributed by atoms with Crippen LogP contribution < -0.4 is 20.5 Å². The summed E-state index contributed by atoms with van der Waals surface area (Å²) in [5, 5.41) is 7.75. The third-order valence-corrected chi connectivity index (χ3v) is 7.05. The fourth-order valence-corrected chi connectivity index (χ4v) is 5.24. The van der Waals surface area contributed by atoms with Crippen LogP contribution in [-0.4, -0.2) is 31.3 Å². The van der Waals surface area contributed by atoms with Crippen LogP contribution in [0.2, 0.25) is 0 Å². The van der Waals surface area contributed by atoms with Crippen LogP contribution in [0, 0.1) is 0 Å². The fraction of sp³-hybridized carbons (Fsp3) is 0.222. The molecule has 0 bridgehead atoms. The summed E-state index contributed by atoms with van der Waals surface area (Å²) in [5.41, 5.74) is 7.08. The zero-order valence-electron chi connectivity index (χ0n) is 18.7. The molecular weight excluding hydrogens is 446 g/mol. The predicted molar refractivity (Wildman–Crippen MR) is 136 cm³/mol. The summed E-state index contributed by atoms with van der Waals surface area (Å²) in [4.78, 5) is 17.7. The maximum Gasteiger partial charge on any atom is 0.250 e. The van der Waals surface area contributed by atoms with Crippen molar-refractivity contribution < 1.29 is 9.47 Å². The number of nitrogens with zero attached hydrogens (tertiary/aromatic N) is 1. The normalized spacial score (nSPS) is 14.8. The summed E-state index contributed by atoms with van der Waals surface area (Å²) in [7, 11) is 0. The molecule has 2 aliphatic heterocycles. The molecule has 4 heterocycles. The fourth-order valence-electron chi connectivity index (χ4n) is 4.57. The van der Waals surface area contributed by atoms with Crippen molar-refractivity contribution in [3.05, 3.63) is 92.4 Å². The number of aromatic amines is 1. The van der Waals surface area contributed by atoms with E-state index in [1.807, 2.05) is 24.3 Å². The van der Waals surface area contributed by atoms with Crippen molar-refractivity contribution in [2.24, 2.45) is 0 Å². The second-order valence-electron chi connectivity index (χ2n) is 8.60. The Morgan fingerprint density at radius 1 is 1.03 bits per heavy atom. The van der Waals surface area contributed by atoms with Gasteiger partial charge in [-0.05, 0) is 58.3 Å². The number of pyridine rings is 1. The Morgan fingerprint density at radius 2 is 1.94 bits per heavy atom. The number of rotatable bonds is 5. The zero-order chi connectivity index (χ0) is 22.9. The molecule has 0 aliphatic carbocycles. The van der Waals surface area contributed by atoms with Crippen LogP contribution in [0.4, 0.5) is 11.4 Å². The third-order valence-electron chi connectivity index (χ3n) is 6.32. The molecule has 0 atom stereocenters. The third kappa shape index (κ3) is 4.20. The van der Waals surface area contributed by atoms with E-state index in [1.54, 1.807) is 17.4 Å². The molecule has 7 heteroatoms. The lowest BCUT2D eigenvalue weighted by Crippen LogP contribution is -2.36. The minimum atomic E-state index is -0.117. The van der Waals surface area contributed by atoms with E-state index >= 15 is 0 Å². The molecule has 2 aromatic heterocycles. The number of H-pyrrole nitrogens is 1. The molecule has 0 radical (unpaired) electrons. The molecule has 0 amide bonds. The highest BCUT2D eigenvalue weighted by molar-refractivity contribution is 7.07. The average Bonchev–Trinajstić information content (AvgIpc) is 3.40. The number of thiophene rings is 1. The second-order valence-corrected chi connectivity index (χ2v) is 9.38. The van der Waals surface area contributed by atoms with Gasteiger partial charge in [0.25, 0.3) is 0 Å². The SMILES string of the molecule is O=c1cc(N2CCOCC2)cc(-c2cccc3c2Oc2ccc(NCc4ccsc4)cc2C3)[nH]1.